The Bertz CT molecular complexity index is 548. The molecule has 0 fully saturated rings. The molecule has 0 spiro atoms. The largest absolute Gasteiger partial charge is 0.399 e. The number of nitrogen functional groups attached to an aromatic ring is 2. The lowest BCUT2D eigenvalue weighted by atomic mass is 10.0. The van der Waals surface area contributed by atoms with Gasteiger partial charge >= 0.3 is 0 Å². The summed E-state index contributed by atoms with van der Waals surface area (Å²) in [5.74, 6) is 1.19. The van der Waals surface area contributed by atoms with E-state index in [4.69, 9.17) is 11.5 Å². The minimum Gasteiger partial charge on any atom is -0.399 e. The molecule has 2 rings (SSSR count). The van der Waals surface area contributed by atoms with Gasteiger partial charge in [-0.15, -0.1) is 0 Å². The van der Waals surface area contributed by atoms with Gasteiger partial charge in [0.15, 0.2) is 0 Å². The second-order valence-electron chi connectivity index (χ2n) is 6.01. The van der Waals surface area contributed by atoms with Crippen LogP contribution in [0, 0.1) is 0 Å². The first-order valence-electron chi connectivity index (χ1n) is 8.75. The number of hydrogen-bond donors (Lipinski definition) is 2. The number of rotatable bonds is 11. The highest BCUT2D eigenvalue weighted by Crippen LogP contribution is 2.35. The molecule has 0 saturated heterocycles. The first-order chi connectivity index (χ1) is 11.8. The van der Waals surface area contributed by atoms with Gasteiger partial charge in [0, 0.05) is 22.0 Å². The minimum absolute atomic E-state index is 0.883. The lowest BCUT2D eigenvalue weighted by Gasteiger charge is -2.06. The van der Waals surface area contributed by atoms with Gasteiger partial charge in [-0.2, -0.15) is 0 Å². The summed E-state index contributed by atoms with van der Waals surface area (Å²) in [6.07, 6.45) is 8.93. The Labute approximate surface area is 154 Å². The van der Waals surface area contributed by atoms with Crippen LogP contribution < -0.4 is 11.5 Å². The van der Waals surface area contributed by atoms with Crippen LogP contribution in [-0.4, -0.2) is 5.75 Å². The van der Waals surface area contributed by atoms with Crippen molar-refractivity contribution in [3.05, 3.63) is 54.1 Å². The third-order valence-corrected chi connectivity index (χ3v) is 6.56. The van der Waals surface area contributed by atoms with E-state index >= 15 is 0 Å². The third-order valence-electron chi connectivity index (χ3n) is 4.05. The predicted octanol–water partition coefficient (Wildman–Crippen LogP) is 6.17. The van der Waals surface area contributed by atoms with E-state index in [0.717, 1.165) is 17.8 Å². The van der Waals surface area contributed by atoms with Crippen molar-refractivity contribution in [2.75, 3.05) is 17.2 Å². The summed E-state index contributed by atoms with van der Waals surface area (Å²) in [6.45, 7) is 0. The monoisotopic (exact) mass is 360 g/mol. The quantitative estimate of drug-likeness (QED) is 0.285. The average molecular weight is 361 g/mol. The molecule has 0 heterocycles. The molecule has 4 heteroatoms. The molecule has 0 aromatic heterocycles. The molecule has 0 aliphatic heterocycles. The second-order valence-corrected chi connectivity index (χ2v) is 8.47. The molecule has 2 nitrogen and oxygen atoms in total. The van der Waals surface area contributed by atoms with Gasteiger partial charge in [-0.3, -0.25) is 0 Å². The van der Waals surface area contributed by atoms with E-state index in [1.165, 1.54) is 54.7 Å². The predicted molar refractivity (Wildman–Crippen MR) is 111 cm³/mol. The molecule has 0 unspecified atom stereocenters. The molecule has 0 bridgehead atoms. The average Bonchev–Trinajstić information content (AvgIpc) is 2.59. The van der Waals surface area contributed by atoms with Crippen molar-refractivity contribution in [3.8, 4) is 0 Å². The normalized spacial score (nSPS) is 10.8. The van der Waals surface area contributed by atoms with Gasteiger partial charge in [0.05, 0.1) is 0 Å². The van der Waals surface area contributed by atoms with Crippen LogP contribution in [0.15, 0.2) is 53.4 Å². The van der Waals surface area contributed by atoms with E-state index < -0.39 is 0 Å². The number of unbranched alkanes of at least 4 members (excludes halogenated alkanes) is 5. The number of benzene rings is 2. The maximum Gasteiger partial charge on any atom is 0.0460 e. The van der Waals surface area contributed by atoms with E-state index in [1.807, 2.05) is 41.1 Å². The van der Waals surface area contributed by atoms with Crippen LogP contribution in [-0.2, 0) is 6.42 Å². The zero-order valence-electron chi connectivity index (χ0n) is 14.2. The Morgan fingerprint density at radius 3 is 2.04 bits per heavy atom. The highest BCUT2D eigenvalue weighted by molar-refractivity contribution is 8.76. The standard InChI is InChI=1S/C20H28N2S2/c21-18-13-7-6-12-17(18)11-5-3-1-2-4-10-16-23-24-20-15-9-8-14-19(20)22/h6-9,12-15H,1-5,10-11,16,21-22H2. The Balaban J connectivity index is 1.43. The summed E-state index contributed by atoms with van der Waals surface area (Å²) in [5, 5.41) is 0. The summed E-state index contributed by atoms with van der Waals surface area (Å²) >= 11 is 0. The Kier molecular flexibility index (Phi) is 9.00. The van der Waals surface area contributed by atoms with Crippen molar-refractivity contribution >= 4 is 33.0 Å². The summed E-state index contributed by atoms with van der Waals surface area (Å²) < 4.78 is 0. The first kappa shape index (κ1) is 19.1. The molecular weight excluding hydrogens is 332 g/mol. The molecular formula is C20H28N2S2. The molecule has 0 amide bonds. The summed E-state index contributed by atoms with van der Waals surface area (Å²) in [7, 11) is 3.71. The fourth-order valence-electron chi connectivity index (χ4n) is 2.61. The number of nitrogens with two attached hydrogens (primary N) is 2. The molecule has 0 atom stereocenters. The SMILES string of the molecule is Nc1ccccc1CCCCCCCCSSc1ccccc1N. The summed E-state index contributed by atoms with van der Waals surface area (Å²) in [4.78, 5) is 1.18. The van der Waals surface area contributed by atoms with E-state index in [0.29, 0.717) is 0 Å². The van der Waals surface area contributed by atoms with Crippen LogP contribution in [0.4, 0.5) is 11.4 Å². The van der Waals surface area contributed by atoms with E-state index in [1.54, 1.807) is 10.8 Å². The lowest BCUT2D eigenvalue weighted by Crippen LogP contribution is -1.94. The lowest BCUT2D eigenvalue weighted by molar-refractivity contribution is 0.610. The zero-order valence-corrected chi connectivity index (χ0v) is 15.9. The van der Waals surface area contributed by atoms with Gasteiger partial charge in [-0.05, 0) is 43.0 Å². The highest BCUT2D eigenvalue weighted by atomic mass is 33.1. The second kappa shape index (κ2) is 11.3. The molecule has 0 radical (unpaired) electrons. The molecule has 2 aromatic rings. The maximum atomic E-state index is 5.97. The fraction of sp³-hybridized carbons (Fsp3) is 0.400. The van der Waals surface area contributed by atoms with Gasteiger partial charge in [-0.25, -0.2) is 0 Å². The van der Waals surface area contributed by atoms with Crippen molar-refractivity contribution < 1.29 is 0 Å². The van der Waals surface area contributed by atoms with Crippen molar-refractivity contribution in [2.45, 2.75) is 49.8 Å². The Morgan fingerprint density at radius 2 is 1.29 bits per heavy atom. The first-order valence-corrected chi connectivity index (χ1v) is 11.1. The summed E-state index contributed by atoms with van der Waals surface area (Å²) in [6, 6.07) is 16.3. The van der Waals surface area contributed by atoms with Crippen molar-refractivity contribution in [3.63, 3.8) is 0 Å². The van der Waals surface area contributed by atoms with Crippen LogP contribution >= 0.6 is 21.6 Å². The van der Waals surface area contributed by atoms with Gasteiger partial charge in [0.25, 0.3) is 0 Å². The van der Waals surface area contributed by atoms with Crippen LogP contribution in [0.2, 0.25) is 0 Å². The zero-order chi connectivity index (χ0) is 17.0. The molecule has 0 aliphatic carbocycles. The summed E-state index contributed by atoms with van der Waals surface area (Å²) in [5.41, 5.74) is 15.0. The number of hydrogen-bond acceptors (Lipinski definition) is 4. The molecule has 4 N–H and O–H groups in total. The molecule has 2 aromatic carbocycles. The van der Waals surface area contributed by atoms with Gasteiger partial charge < -0.3 is 11.5 Å². The molecule has 0 saturated carbocycles. The molecule has 24 heavy (non-hydrogen) atoms. The van der Waals surface area contributed by atoms with Crippen molar-refractivity contribution in [1.82, 2.24) is 0 Å². The van der Waals surface area contributed by atoms with Crippen LogP contribution in [0.25, 0.3) is 0 Å². The van der Waals surface area contributed by atoms with Crippen molar-refractivity contribution in [1.29, 1.82) is 0 Å². The number of para-hydroxylation sites is 2. The highest BCUT2D eigenvalue weighted by Gasteiger charge is 2.00. The van der Waals surface area contributed by atoms with Crippen LogP contribution in [0.5, 0.6) is 0 Å². The van der Waals surface area contributed by atoms with Crippen LogP contribution in [0.3, 0.4) is 0 Å². The van der Waals surface area contributed by atoms with Crippen molar-refractivity contribution in [2.24, 2.45) is 0 Å². The molecule has 0 aliphatic rings. The maximum absolute atomic E-state index is 5.97. The van der Waals surface area contributed by atoms with Gasteiger partial charge in [0.1, 0.15) is 0 Å². The smallest absolute Gasteiger partial charge is 0.0460 e. The number of anilines is 2. The van der Waals surface area contributed by atoms with E-state index in [-0.39, 0.29) is 0 Å². The van der Waals surface area contributed by atoms with Crippen LogP contribution in [0.1, 0.15) is 44.1 Å². The van der Waals surface area contributed by atoms with Gasteiger partial charge in [0.2, 0.25) is 0 Å². The third kappa shape index (κ3) is 7.10. The Morgan fingerprint density at radius 1 is 0.667 bits per heavy atom. The van der Waals surface area contributed by atoms with Gasteiger partial charge in [-0.1, -0.05) is 77.6 Å². The topological polar surface area (TPSA) is 52.0 Å². The fourth-order valence-corrected chi connectivity index (χ4v) is 4.88. The minimum atomic E-state index is 0.883. The van der Waals surface area contributed by atoms with E-state index in [9.17, 15) is 0 Å². The molecule has 130 valence electrons. The van der Waals surface area contributed by atoms with E-state index in [2.05, 4.69) is 18.2 Å². The Hall–Kier alpha value is -1.26. The number of aryl methyl sites for hydroxylation is 1.